The molecule has 0 unspecified atom stereocenters. The molecule has 0 radical (unpaired) electrons. The minimum Gasteiger partial charge on any atom is -0.455 e. The van der Waals surface area contributed by atoms with Crippen molar-refractivity contribution in [2.24, 2.45) is 16.9 Å². The summed E-state index contributed by atoms with van der Waals surface area (Å²) >= 11 is 0. The van der Waals surface area contributed by atoms with Crippen molar-refractivity contribution in [2.45, 2.75) is 19.5 Å². The molecule has 1 aliphatic carbocycles. The van der Waals surface area contributed by atoms with Gasteiger partial charge in [-0.25, -0.2) is 0 Å². The molecule has 1 amide bonds. The summed E-state index contributed by atoms with van der Waals surface area (Å²) in [4.78, 5) is 24.5. The van der Waals surface area contributed by atoms with Crippen molar-refractivity contribution >= 4 is 23.8 Å². The van der Waals surface area contributed by atoms with Crippen molar-refractivity contribution in [2.75, 3.05) is 11.6 Å². The summed E-state index contributed by atoms with van der Waals surface area (Å²) in [6.07, 6.45) is -2.51. The molecule has 2 aromatic carbocycles. The number of carbonyl (C=O) groups is 2. The molecule has 1 aliphatic rings. The molecule has 0 bridgehead atoms. The lowest BCUT2D eigenvalue weighted by Gasteiger charge is -2.18. The number of hydrogen-bond donors (Lipinski definition) is 0. The number of alkyl halides is 3. The van der Waals surface area contributed by atoms with Gasteiger partial charge in [0.2, 0.25) is 0 Å². The van der Waals surface area contributed by atoms with Gasteiger partial charge in [-0.2, -0.15) is 23.3 Å². The van der Waals surface area contributed by atoms with Crippen LogP contribution in [0.25, 0.3) is 0 Å². The van der Waals surface area contributed by atoms with Crippen LogP contribution in [0.3, 0.4) is 0 Å². The van der Waals surface area contributed by atoms with E-state index >= 15 is 0 Å². The van der Waals surface area contributed by atoms with E-state index in [9.17, 15) is 22.8 Å². The lowest BCUT2D eigenvalue weighted by atomic mass is 10.2. The van der Waals surface area contributed by atoms with Crippen LogP contribution in [-0.4, -0.2) is 24.7 Å². The molecule has 0 N–H and O–H groups in total. The minimum absolute atomic E-state index is 0.0761. The molecule has 0 heterocycles. The van der Waals surface area contributed by atoms with Gasteiger partial charge in [0, 0.05) is 0 Å². The molecule has 1 fully saturated rings. The highest BCUT2D eigenvalue weighted by molar-refractivity contribution is 5.97. The number of benzene rings is 2. The molecular weight excluding hydrogens is 385 g/mol. The smallest absolute Gasteiger partial charge is 0.416 e. The predicted octanol–water partition coefficient (Wildman–Crippen LogP) is 4.27. The van der Waals surface area contributed by atoms with Crippen molar-refractivity contribution in [3.63, 3.8) is 0 Å². The summed E-state index contributed by atoms with van der Waals surface area (Å²) in [6.45, 7) is 1.29. The third kappa shape index (κ3) is 5.43. The Morgan fingerprint density at radius 1 is 1.17 bits per heavy atom. The van der Waals surface area contributed by atoms with Gasteiger partial charge in [-0.15, -0.1) is 0 Å². The van der Waals surface area contributed by atoms with E-state index < -0.39 is 30.2 Å². The highest BCUT2D eigenvalue weighted by Crippen LogP contribution is 2.38. The number of carbonyl (C=O) groups excluding carboxylic acids is 2. The Bertz CT molecular complexity index is 913. The lowest BCUT2D eigenvalue weighted by molar-refractivity contribution is -0.149. The van der Waals surface area contributed by atoms with E-state index in [0.717, 1.165) is 17.1 Å². The third-order valence-corrected chi connectivity index (χ3v) is 4.53. The molecule has 5 nitrogen and oxygen atoms in total. The number of rotatable bonds is 6. The first kappa shape index (κ1) is 20.6. The molecule has 0 aliphatic heterocycles. The number of nitrogens with zero attached hydrogens (tertiary/aromatic N) is 2. The van der Waals surface area contributed by atoms with Crippen LogP contribution in [0.2, 0.25) is 0 Å². The number of hydrogen-bond acceptors (Lipinski definition) is 4. The van der Waals surface area contributed by atoms with Crippen LogP contribution in [0.4, 0.5) is 18.9 Å². The SMILES string of the molecule is C[C@@H]1C[C@H]1C(=O)OCC(=O)N(/N=C\c1ccccc1)c1cccc(C(F)(F)F)c1. The standard InChI is InChI=1S/C21H19F3N2O3/c1-14-10-18(14)20(28)29-13-19(27)26(25-12-15-6-3-2-4-7-15)17-9-5-8-16(11-17)21(22,23)24/h2-9,11-12,14,18H,10,13H2,1H3/b25-12-/t14-,18-/m1/s1. The average molecular weight is 404 g/mol. The first-order valence-electron chi connectivity index (χ1n) is 9.01. The maximum absolute atomic E-state index is 13.1. The van der Waals surface area contributed by atoms with Crippen molar-refractivity contribution in [1.29, 1.82) is 0 Å². The van der Waals surface area contributed by atoms with E-state index in [2.05, 4.69) is 5.10 Å². The van der Waals surface area contributed by atoms with Gasteiger partial charge >= 0.3 is 12.1 Å². The Kier molecular flexibility index (Phi) is 6.00. The molecule has 2 aromatic rings. The first-order valence-corrected chi connectivity index (χ1v) is 9.01. The largest absolute Gasteiger partial charge is 0.455 e. The van der Waals surface area contributed by atoms with Crippen LogP contribution in [-0.2, 0) is 20.5 Å². The molecule has 0 saturated heterocycles. The number of halogens is 3. The van der Waals surface area contributed by atoms with Crippen molar-refractivity contribution < 1.29 is 27.5 Å². The second-order valence-corrected chi connectivity index (χ2v) is 6.84. The number of esters is 1. The molecular formula is C21H19F3N2O3. The fourth-order valence-electron chi connectivity index (χ4n) is 2.70. The average Bonchev–Trinajstić information content (AvgIpc) is 3.43. The van der Waals surface area contributed by atoms with Gasteiger partial charge in [-0.05, 0) is 36.1 Å². The van der Waals surface area contributed by atoms with Gasteiger partial charge in [0.05, 0.1) is 23.4 Å². The van der Waals surface area contributed by atoms with Crippen LogP contribution in [0.15, 0.2) is 59.7 Å². The van der Waals surface area contributed by atoms with Crippen molar-refractivity contribution in [3.05, 3.63) is 65.7 Å². The first-order chi connectivity index (χ1) is 13.8. The number of ether oxygens (including phenoxy) is 1. The Morgan fingerprint density at radius 3 is 2.48 bits per heavy atom. The summed E-state index contributed by atoms with van der Waals surface area (Å²) in [5, 5.41) is 4.85. The highest BCUT2D eigenvalue weighted by atomic mass is 19.4. The topological polar surface area (TPSA) is 59.0 Å². The lowest BCUT2D eigenvalue weighted by Crippen LogP contribution is -2.31. The summed E-state index contributed by atoms with van der Waals surface area (Å²) in [5.74, 6) is -1.24. The third-order valence-electron chi connectivity index (χ3n) is 4.53. The molecule has 8 heteroatoms. The van der Waals surface area contributed by atoms with E-state index in [1.807, 2.05) is 6.92 Å². The van der Waals surface area contributed by atoms with Gasteiger partial charge in [-0.1, -0.05) is 43.3 Å². The van der Waals surface area contributed by atoms with Crippen LogP contribution in [0.1, 0.15) is 24.5 Å². The minimum atomic E-state index is -4.57. The van der Waals surface area contributed by atoms with Crippen LogP contribution in [0.5, 0.6) is 0 Å². The summed E-state index contributed by atoms with van der Waals surface area (Å²) in [6, 6.07) is 13.0. The van der Waals surface area contributed by atoms with Crippen LogP contribution >= 0.6 is 0 Å². The Labute approximate surface area is 165 Å². The van der Waals surface area contributed by atoms with Crippen LogP contribution < -0.4 is 5.01 Å². The van der Waals surface area contributed by atoms with Gasteiger partial charge in [0.1, 0.15) is 0 Å². The van der Waals surface area contributed by atoms with E-state index in [0.29, 0.717) is 12.0 Å². The number of amides is 1. The van der Waals surface area contributed by atoms with Gasteiger partial charge < -0.3 is 4.74 Å². The Hall–Kier alpha value is -3.16. The normalized spacial score (nSPS) is 18.5. The van der Waals surface area contributed by atoms with Gasteiger partial charge in [-0.3, -0.25) is 9.59 Å². The molecule has 2 atom stereocenters. The fraction of sp³-hybridized carbons (Fsp3) is 0.286. The predicted molar refractivity (Wildman–Crippen MR) is 101 cm³/mol. The zero-order valence-corrected chi connectivity index (χ0v) is 15.6. The van der Waals surface area contributed by atoms with E-state index in [-0.39, 0.29) is 17.5 Å². The summed E-state index contributed by atoms with van der Waals surface area (Å²) < 4.78 is 44.2. The molecule has 1 saturated carbocycles. The van der Waals surface area contributed by atoms with Crippen molar-refractivity contribution in [3.8, 4) is 0 Å². The number of anilines is 1. The molecule has 0 spiro atoms. The summed E-state index contributed by atoms with van der Waals surface area (Å²) in [7, 11) is 0. The fourth-order valence-corrected chi connectivity index (χ4v) is 2.70. The maximum atomic E-state index is 13.1. The zero-order chi connectivity index (χ0) is 21.0. The Morgan fingerprint density at radius 2 is 1.86 bits per heavy atom. The van der Waals surface area contributed by atoms with E-state index in [4.69, 9.17) is 4.74 Å². The van der Waals surface area contributed by atoms with Crippen molar-refractivity contribution in [1.82, 2.24) is 0 Å². The van der Waals surface area contributed by atoms with Gasteiger partial charge in [0.25, 0.3) is 5.91 Å². The maximum Gasteiger partial charge on any atom is 0.416 e. The molecule has 152 valence electrons. The van der Waals surface area contributed by atoms with E-state index in [1.165, 1.54) is 18.3 Å². The quantitative estimate of drug-likeness (QED) is 0.410. The molecule has 29 heavy (non-hydrogen) atoms. The Balaban J connectivity index is 1.82. The second-order valence-electron chi connectivity index (χ2n) is 6.84. The number of hydrazone groups is 1. The second kappa shape index (κ2) is 8.46. The van der Waals surface area contributed by atoms with Gasteiger partial charge in [0.15, 0.2) is 6.61 Å². The zero-order valence-electron chi connectivity index (χ0n) is 15.6. The van der Waals surface area contributed by atoms with Crippen LogP contribution in [0, 0.1) is 11.8 Å². The summed E-state index contributed by atoms with van der Waals surface area (Å²) in [5.41, 5.74) is -0.333. The van der Waals surface area contributed by atoms with E-state index in [1.54, 1.807) is 30.3 Å². The molecule has 3 rings (SSSR count). The highest BCUT2D eigenvalue weighted by Gasteiger charge is 2.41. The monoisotopic (exact) mass is 404 g/mol. The molecule has 0 aromatic heterocycles.